The van der Waals surface area contributed by atoms with E-state index in [2.05, 4.69) is 0 Å². The smallest absolute Gasteiger partial charge is 0.240 e. The summed E-state index contributed by atoms with van der Waals surface area (Å²) in [6.45, 7) is 3.14. The van der Waals surface area contributed by atoms with Crippen molar-refractivity contribution >= 4 is 17.7 Å². The van der Waals surface area contributed by atoms with Gasteiger partial charge in [-0.1, -0.05) is 30.3 Å². The Morgan fingerprint density at radius 1 is 1.27 bits per heavy atom. The van der Waals surface area contributed by atoms with Gasteiger partial charge in [0.25, 0.3) is 0 Å². The lowest BCUT2D eigenvalue weighted by Crippen LogP contribution is -2.37. The fourth-order valence-corrected chi connectivity index (χ4v) is 4.50. The molecule has 3 atom stereocenters. The fraction of sp³-hybridized carbons (Fsp3) is 0.350. The molecule has 2 aromatic rings. The summed E-state index contributed by atoms with van der Waals surface area (Å²) in [6, 6.07) is 12.6. The first-order chi connectivity index (χ1) is 12.5. The number of halogens is 2. The Hall–Kier alpha value is -1.92. The highest BCUT2D eigenvalue weighted by Crippen LogP contribution is 2.40. The van der Waals surface area contributed by atoms with Crippen LogP contribution in [0.5, 0.6) is 0 Å². The molecule has 0 saturated carbocycles. The third-order valence-electron chi connectivity index (χ3n) is 4.74. The Morgan fingerprint density at radius 3 is 2.65 bits per heavy atom. The molecule has 3 nitrogen and oxygen atoms in total. The van der Waals surface area contributed by atoms with Gasteiger partial charge in [-0.05, 0) is 49.6 Å². The van der Waals surface area contributed by atoms with Crippen LogP contribution in [0.1, 0.15) is 24.2 Å². The molecule has 1 aliphatic heterocycles. The summed E-state index contributed by atoms with van der Waals surface area (Å²) in [4.78, 5) is 15.2. The number of carbonyl (C=O) groups excluding carboxylic acids is 1. The van der Waals surface area contributed by atoms with Crippen LogP contribution in [0.4, 0.5) is 8.78 Å². The van der Waals surface area contributed by atoms with Gasteiger partial charge in [-0.2, -0.15) is 0 Å². The average molecular weight is 376 g/mol. The van der Waals surface area contributed by atoms with Gasteiger partial charge in [0.1, 0.15) is 16.9 Å². The molecular formula is C20H22F2N2OS. The number of benzene rings is 2. The Kier molecular flexibility index (Phi) is 5.94. The predicted octanol–water partition coefficient (Wildman–Crippen LogP) is 3.99. The highest BCUT2D eigenvalue weighted by molar-refractivity contribution is 8.00. The molecule has 3 unspecified atom stereocenters. The number of hydrogen-bond donors (Lipinski definition) is 1. The van der Waals surface area contributed by atoms with Crippen LogP contribution in [0.15, 0.2) is 53.4 Å². The van der Waals surface area contributed by atoms with Crippen molar-refractivity contribution < 1.29 is 13.6 Å². The summed E-state index contributed by atoms with van der Waals surface area (Å²) in [5, 5.41) is -0.633. The van der Waals surface area contributed by atoms with Crippen molar-refractivity contribution in [2.24, 2.45) is 11.7 Å². The number of amides is 1. The van der Waals surface area contributed by atoms with Crippen LogP contribution in [-0.4, -0.2) is 29.9 Å². The quantitative estimate of drug-likeness (QED) is 0.803. The third-order valence-corrected chi connectivity index (χ3v) is 6.02. The van der Waals surface area contributed by atoms with Crippen LogP contribution >= 0.6 is 11.8 Å². The van der Waals surface area contributed by atoms with E-state index in [0.29, 0.717) is 13.1 Å². The molecule has 0 radical (unpaired) electrons. The van der Waals surface area contributed by atoms with Crippen LogP contribution < -0.4 is 5.73 Å². The van der Waals surface area contributed by atoms with Gasteiger partial charge in [0.2, 0.25) is 5.91 Å². The maximum absolute atomic E-state index is 14.2. The van der Waals surface area contributed by atoms with Crippen LogP contribution in [0.25, 0.3) is 0 Å². The zero-order valence-electron chi connectivity index (χ0n) is 14.6. The summed E-state index contributed by atoms with van der Waals surface area (Å²) in [5.74, 6) is -0.861. The van der Waals surface area contributed by atoms with Crippen molar-refractivity contribution in [1.29, 1.82) is 0 Å². The van der Waals surface area contributed by atoms with Gasteiger partial charge in [-0.3, -0.25) is 4.79 Å². The van der Waals surface area contributed by atoms with E-state index in [1.54, 1.807) is 0 Å². The molecule has 6 heteroatoms. The standard InChI is InChI=1S/C20H22F2N2OS/c1-13-9-14(11-23)12-24(13)20(25)19(15-5-3-2-4-6-15)26-18-10-16(21)7-8-17(18)22/h2-8,10,13-14,19H,9,11-12,23H2,1H3. The molecule has 3 rings (SSSR count). The van der Waals surface area contributed by atoms with Crippen LogP contribution in [0, 0.1) is 17.6 Å². The maximum atomic E-state index is 14.2. The normalized spacial score (nSPS) is 21.0. The van der Waals surface area contributed by atoms with Gasteiger partial charge in [-0.15, -0.1) is 11.8 Å². The number of nitrogens with zero attached hydrogens (tertiary/aromatic N) is 1. The molecule has 1 heterocycles. The zero-order valence-corrected chi connectivity index (χ0v) is 15.4. The lowest BCUT2D eigenvalue weighted by atomic mass is 10.1. The molecule has 138 valence electrons. The van der Waals surface area contributed by atoms with Gasteiger partial charge >= 0.3 is 0 Å². The lowest BCUT2D eigenvalue weighted by Gasteiger charge is -2.27. The number of carbonyl (C=O) groups is 1. The summed E-state index contributed by atoms with van der Waals surface area (Å²) < 4.78 is 27.7. The van der Waals surface area contributed by atoms with E-state index in [4.69, 9.17) is 5.73 Å². The number of rotatable bonds is 5. The molecule has 0 aliphatic carbocycles. The molecule has 26 heavy (non-hydrogen) atoms. The topological polar surface area (TPSA) is 46.3 Å². The SMILES string of the molecule is CC1CC(CN)CN1C(=O)C(Sc1cc(F)ccc1F)c1ccccc1. The van der Waals surface area contributed by atoms with E-state index in [0.717, 1.165) is 41.9 Å². The number of likely N-dealkylation sites (tertiary alicyclic amines) is 1. The highest BCUT2D eigenvalue weighted by Gasteiger charge is 2.36. The van der Waals surface area contributed by atoms with Gasteiger partial charge in [0, 0.05) is 17.5 Å². The lowest BCUT2D eigenvalue weighted by molar-refractivity contribution is -0.131. The Morgan fingerprint density at radius 2 is 2.00 bits per heavy atom. The zero-order chi connectivity index (χ0) is 18.7. The molecule has 1 amide bonds. The van der Waals surface area contributed by atoms with Gasteiger partial charge < -0.3 is 10.6 Å². The summed E-state index contributed by atoms with van der Waals surface area (Å²) >= 11 is 1.05. The summed E-state index contributed by atoms with van der Waals surface area (Å²) in [7, 11) is 0. The molecule has 1 fully saturated rings. The molecular weight excluding hydrogens is 354 g/mol. The number of thioether (sulfide) groups is 1. The van der Waals surface area contributed by atoms with Crippen molar-refractivity contribution in [2.45, 2.75) is 29.5 Å². The molecule has 0 aromatic heterocycles. The second-order valence-corrected chi connectivity index (χ2v) is 7.81. The summed E-state index contributed by atoms with van der Waals surface area (Å²) in [5.41, 5.74) is 6.54. The van der Waals surface area contributed by atoms with Crippen molar-refractivity contribution in [1.82, 2.24) is 4.90 Å². The number of hydrogen-bond acceptors (Lipinski definition) is 3. The van der Waals surface area contributed by atoms with Gasteiger partial charge in [-0.25, -0.2) is 8.78 Å². The first kappa shape index (κ1) is 18.9. The van der Waals surface area contributed by atoms with Crippen LogP contribution in [0.2, 0.25) is 0 Å². The van der Waals surface area contributed by atoms with Crippen molar-refractivity contribution in [3.8, 4) is 0 Å². The monoisotopic (exact) mass is 376 g/mol. The summed E-state index contributed by atoms with van der Waals surface area (Å²) in [6.07, 6.45) is 0.864. The molecule has 2 aromatic carbocycles. The Labute approximate surface area is 156 Å². The third kappa shape index (κ3) is 4.07. The first-order valence-electron chi connectivity index (χ1n) is 8.66. The van der Waals surface area contributed by atoms with Crippen molar-refractivity contribution in [2.75, 3.05) is 13.1 Å². The molecule has 2 N–H and O–H groups in total. The minimum Gasteiger partial charge on any atom is -0.338 e. The molecule has 1 aliphatic rings. The maximum Gasteiger partial charge on any atom is 0.240 e. The van der Waals surface area contributed by atoms with Gasteiger partial charge in [0.05, 0.1) is 0 Å². The second kappa shape index (κ2) is 8.18. The number of nitrogens with two attached hydrogens (primary N) is 1. The second-order valence-electron chi connectivity index (χ2n) is 6.66. The van der Waals surface area contributed by atoms with Crippen LogP contribution in [-0.2, 0) is 4.79 Å². The van der Waals surface area contributed by atoms with E-state index in [1.165, 1.54) is 0 Å². The minimum absolute atomic E-state index is 0.0835. The van der Waals surface area contributed by atoms with Crippen molar-refractivity contribution in [3.63, 3.8) is 0 Å². The predicted molar refractivity (Wildman–Crippen MR) is 99.7 cm³/mol. The molecule has 0 bridgehead atoms. The van der Waals surface area contributed by atoms with Crippen LogP contribution in [0.3, 0.4) is 0 Å². The highest BCUT2D eigenvalue weighted by atomic mass is 32.2. The Balaban J connectivity index is 1.91. The van der Waals surface area contributed by atoms with E-state index in [9.17, 15) is 13.6 Å². The fourth-order valence-electron chi connectivity index (χ4n) is 3.35. The Bertz CT molecular complexity index is 772. The first-order valence-corrected chi connectivity index (χ1v) is 9.54. The molecule has 1 saturated heterocycles. The van der Waals surface area contributed by atoms with Crippen molar-refractivity contribution in [3.05, 3.63) is 65.7 Å². The molecule has 0 spiro atoms. The minimum atomic E-state index is -0.633. The van der Waals surface area contributed by atoms with E-state index >= 15 is 0 Å². The van der Waals surface area contributed by atoms with E-state index in [-0.39, 0.29) is 22.8 Å². The average Bonchev–Trinajstić information content (AvgIpc) is 3.03. The largest absolute Gasteiger partial charge is 0.338 e. The van der Waals surface area contributed by atoms with Gasteiger partial charge in [0.15, 0.2) is 0 Å². The van der Waals surface area contributed by atoms with E-state index in [1.807, 2.05) is 42.2 Å². The van der Waals surface area contributed by atoms with E-state index < -0.39 is 16.9 Å².